The van der Waals surface area contributed by atoms with Crippen LogP contribution in [0.15, 0.2) is 36.5 Å². The topological polar surface area (TPSA) is 88.2 Å². The van der Waals surface area contributed by atoms with Crippen LogP contribution in [0.4, 0.5) is 34.8 Å². The van der Waals surface area contributed by atoms with Gasteiger partial charge in [-0.3, -0.25) is 0 Å². The molecule has 5 nitrogen and oxygen atoms in total. The highest BCUT2D eigenvalue weighted by Gasteiger charge is 2.24. The van der Waals surface area contributed by atoms with Gasteiger partial charge in [0, 0.05) is 18.2 Å². The molecule has 1 aromatic heterocycles. The SMILES string of the molecule is C#Cc1ccc(Nc2c(C(=O)O)cc(Cc3ccnc(N)c3F)c(F)c2F)c(F)c1. The number of halogens is 4. The van der Waals surface area contributed by atoms with Crippen LogP contribution in [0, 0.1) is 35.6 Å². The van der Waals surface area contributed by atoms with Crippen molar-refractivity contribution in [3.8, 4) is 12.3 Å². The van der Waals surface area contributed by atoms with E-state index in [9.17, 15) is 27.5 Å². The standard InChI is InChI=1S/C21H13F4N3O2/c1-2-10-3-4-15(14(22)7-10)28-19-13(21(29)30)9-12(16(23)18(19)25)8-11-5-6-27-20(26)17(11)24/h1,3-7,9,28H,8H2,(H2,26,27)(H,29,30). The van der Waals surface area contributed by atoms with Crippen LogP contribution >= 0.6 is 0 Å². The van der Waals surface area contributed by atoms with E-state index in [1.54, 1.807) is 0 Å². The Balaban J connectivity index is 2.08. The third-order valence-electron chi connectivity index (χ3n) is 4.28. The maximum absolute atomic E-state index is 14.7. The second-order valence-corrected chi connectivity index (χ2v) is 6.20. The number of aromatic carboxylic acids is 1. The Morgan fingerprint density at radius 2 is 1.83 bits per heavy atom. The lowest BCUT2D eigenvalue weighted by Gasteiger charge is -2.15. The van der Waals surface area contributed by atoms with Crippen LogP contribution in [0.5, 0.6) is 0 Å². The van der Waals surface area contributed by atoms with Crippen molar-refractivity contribution in [1.82, 2.24) is 4.98 Å². The van der Waals surface area contributed by atoms with E-state index < -0.39 is 58.3 Å². The highest BCUT2D eigenvalue weighted by Crippen LogP contribution is 2.31. The maximum Gasteiger partial charge on any atom is 0.337 e. The van der Waals surface area contributed by atoms with Crippen molar-refractivity contribution < 1.29 is 27.5 Å². The Morgan fingerprint density at radius 3 is 2.47 bits per heavy atom. The minimum Gasteiger partial charge on any atom is -0.478 e. The molecule has 0 aliphatic heterocycles. The van der Waals surface area contributed by atoms with Crippen LogP contribution in [-0.4, -0.2) is 16.1 Å². The van der Waals surface area contributed by atoms with Gasteiger partial charge in [-0.1, -0.05) is 5.92 Å². The first-order chi connectivity index (χ1) is 14.2. The van der Waals surface area contributed by atoms with E-state index in [-0.39, 0.29) is 16.8 Å². The Hall–Kier alpha value is -4.06. The monoisotopic (exact) mass is 415 g/mol. The number of rotatable bonds is 5. The van der Waals surface area contributed by atoms with Gasteiger partial charge >= 0.3 is 5.97 Å². The zero-order valence-corrected chi connectivity index (χ0v) is 15.1. The second-order valence-electron chi connectivity index (χ2n) is 6.20. The third-order valence-corrected chi connectivity index (χ3v) is 4.28. The molecular weight excluding hydrogens is 402 g/mol. The Morgan fingerprint density at radius 1 is 1.10 bits per heavy atom. The largest absolute Gasteiger partial charge is 0.478 e. The molecule has 152 valence electrons. The van der Waals surface area contributed by atoms with Crippen molar-refractivity contribution >= 4 is 23.2 Å². The molecule has 0 amide bonds. The molecule has 2 aromatic carbocycles. The number of terminal acetylenes is 1. The van der Waals surface area contributed by atoms with Crippen molar-refractivity contribution in [2.75, 3.05) is 11.1 Å². The molecule has 0 aliphatic carbocycles. The number of anilines is 3. The van der Waals surface area contributed by atoms with E-state index in [1.165, 1.54) is 18.3 Å². The summed E-state index contributed by atoms with van der Waals surface area (Å²) in [5.41, 5.74) is 3.26. The number of pyridine rings is 1. The van der Waals surface area contributed by atoms with Crippen LogP contribution in [0.25, 0.3) is 0 Å². The zero-order chi connectivity index (χ0) is 22.0. The number of nitrogens with two attached hydrogens (primary N) is 1. The first-order valence-corrected chi connectivity index (χ1v) is 8.39. The molecule has 0 spiro atoms. The summed E-state index contributed by atoms with van der Waals surface area (Å²) in [6, 6.07) is 5.52. The number of carbonyl (C=O) groups is 1. The predicted octanol–water partition coefficient (Wildman–Crippen LogP) is 4.23. The molecule has 1 heterocycles. The van der Waals surface area contributed by atoms with Gasteiger partial charge in [0.05, 0.1) is 16.9 Å². The molecule has 0 unspecified atom stereocenters. The fourth-order valence-corrected chi connectivity index (χ4v) is 2.78. The fraction of sp³-hybridized carbons (Fsp3) is 0.0476. The Bertz CT molecular complexity index is 1210. The van der Waals surface area contributed by atoms with Gasteiger partial charge in [-0.05, 0) is 41.5 Å². The van der Waals surface area contributed by atoms with E-state index in [1.807, 2.05) is 0 Å². The van der Waals surface area contributed by atoms with E-state index in [0.29, 0.717) is 0 Å². The number of nitrogen functional groups attached to an aromatic ring is 1. The van der Waals surface area contributed by atoms with Crippen LogP contribution < -0.4 is 11.1 Å². The van der Waals surface area contributed by atoms with Crippen molar-refractivity contribution in [3.63, 3.8) is 0 Å². The normalized spacial score (nSPS) is 10.5. The van der Waals surface area contributed by atoms with Crippen molar-refractivity contribution in [2.45, 2.75) is 6.42 Å². The molecule has 0 bridgehead atoms. The molecule has 0 saturated heterocycles. The van der Waals surface area contributed by atoms with Gasteiger partial charge in [-0.25, -0.2) is 27.3 Å². The van der Waals surface area contributed by atoms with Crippen LogP contribution in [-0.2, 0) is 6.42 Å². The number of nitrogens with one attached hydrogen (secondary N) is 1. The summed E-state index contributed by atoms with van der Waals surface area (Å²) in [6.45, 7) is 0. The number of nitrogens with zero attached hydrogens (tertiary/aromatic N) is 1. The molecule has 0 aliphatic rings. The van der Waals surface area contributed by atoms with Gasteiger partial charge in [0.25, 0.3) is 0 Å². The maximum atomic E-state index is 14.7. The second kappa shape index (κ2) is 8.13. The van der Waals surface area contributed by atoms with Crippen LogP contribution in [0.1, 0.15) is 27.0 Å². The minimum atomic E-state index is -1.60. The average Bonchev–Trinajstić information content (AvgIpc) is 2.71. The fourth-order valence-electron chi connectivity index (χ4n) is 2.78. The van der Waals surface area contributed by atoms with Crippen LogP contribution in [0.3, 0.4) is 0 Å². The molecule has 4 N–H and O–H groups in total. The Kier molecular flexibility index (Phi) is 5.60. The number of carboxylic acids is 1. The molecule has 0 atom stereocenters. The van der Waals surface area contributed by atoms with E-state index in [4.69, 9.17) is 12.2 Å². The van der Waals surface area contributed by atoms with Gasteiger partial charge in [0.1, 0.15) is 5.82 Å². The summed E-state index contributed by atoms with van der Waals surface area (Å²) in [6.07, 6.45) is 5.87. The third kappa shape index (κ3) is 3.89. The lowest BCUT2D eigenvalue weighted by Crippen LogP contribution is -2.11. The van der Waals surface area contributed by atoms with Crippen molar-refractivity contribution in [2.24, 2.45) is 0 Å². The first kappa shape index (κ1) is 20.7. The molecule has 3 rings (SSSR count). The van der Waals surface area contributed by atoms with Gasteiger partial charge in [-0.15, -0.1) is 6.42 Å². The van der Waals surface area contributed by atoms with Gasteiger partial charge < -0.3 is 16.2 Å². The number of hydrogen-bond acceptors (Lipinski definition) is 4. The number of aromatic nitrogens is 1. The summed E-state index contributed by atoms with van der Waals surface area (Å²) in [4.78, 5) is 15.2. The summed E-state index contributed by atoms with van der Waals surface area (Å²) in [5, 5.41) is 11.7. The highest BCUT2D eigenvalue weighted by atomic mass is 19.2. The molecule has 9 heteroatoms. The lowest BCUT2D eigenvalue weighted by atomic mass is 10.00. The summed E-state index contributed by atoms with van der Waals surface area (Å²) in [7, 11) is 0. The molecular formula is C21H13F4N3O2. The first-order valence-electron chi connectivity index (χ1n) is 8.39. The van der Waals surface area contributed by atoms with E-state index >= 15 is 0 Å². The van der Waals surface area contributed by atoms with E-state index in [2.05, 4.69) is 16.2 Å². The highest BCUT2D eigenvalue weighted by molar-refractivity contribution is 5.95. The number of hydrogen-bond donors (Lipinski definition) is 3. The molecule has 0 radical (unpaired) electrons. The Labute approximate surface area is 168 Å². The molecule has 3 aromatic rings. The number of benzene rings is 2. The number of carboxylic acid groups (broad SMARTS) is 1. The summed E-state index contributed by atoms with van der Waals surface area (Å²) < 4.78 is 57.6. The summed E-state index contributed by atoms with van der Waals surface area (Å²) in [5.74, 6) is -4.62. The van der Waals surface area contributed by atoms with Crippen molar-refractivity contribution in [3.05, 3.63) is 82.1 Å². The van der Waals surface area contributed by atoms with E-state index in [0.717, 1.165) is 18.2 Å². The van der Waals surface area contributed by atoms with Gasteiger partial charge in [0.2, 0.25) is 0 Å². The van der Waals surface area contributed by atoms with Crippen LogP contribution in [0.2, 0.25) is 0 Å². The minimum absolute atomic E-state index is 0.103. The smallest absolute Gasteiger partial charge is 0.337 e. The van der Waals surface area contributed by atoms with Gasteiger partial charge in [0.15, 0.2) is 23.3 Å². The molecule has 30 heavy (non-hydrogen) atoms. The van der Waals surface area contributed by atoms with Gasteiger partial charge in [-0.2, -0.15) is 0 Å². The average molecular weight is 415 g/mol. The lowest BCUT2D eigenvalue weighted by molar-refractivity contribution is 0.0697. The molecule has 0 fully saturated rings. The zero-order valence-electron chi connectivity index (χ0n) is 15.1. The summed E-state index contributed by atoms with van der Waals surface area (Å²) >= 11 is 0. The van der Waals surface area contributed by atoms with Crippen molar-refractivity contribution in [1.29, 1.82) is 0 Å². The predicted molar refractivity (Wildman–Crippen MR) is 102 cm³/mol. The molecule has 0 saturated carbocycles. The quantitative estimate of drug-likeness (QED) is 0.429.